The molecule has 0 radical (unpaired) electrons. The van der Waals surface area contributed by atoms with Crippen molar-refractivity contribution in [2.24, 2.45) is 9.98 Å². The van der Waals surface area contributed by atoms with Crippen LogP contribution in [0.25, 0.3) is 21.9 Å². The molecule has 0 aliphatic carbocycles. The first-order valence-corrected chi connectivity index (χ1v) is 18.5. The largest absolute Gasteiger partial charge is 0.465 e. The highest BCUT2D eigenvalue weighted by Crippen LogP contribution is 2.53. The second-order valence-electron chi connectivity index (χ2n) is 14.4. The highest BCUT2D eigenvalue weighted by Gasteiger charge is 2.64. The molecule has 268 valence electrons. The lowest BCUT2D eigenvalue weighted by atomic mass is 9.75. The molecule has 0 saturated carbocycles. The van der Waals surface area contributed by atoms with Crippen LogP contribution in [0.2, 0.25) is 0 Å². The standard InChI is InChI=1S/C45H37FN4O4/c1-52-43(51)32-18-20-35-36(25-32)47-44(50-23-9-14-30-11-3-6-16-38(30)50,28-49-22-8-13-29-10-2-5-15-37(29)49)45(48-35,41-26-31-12-4-7-17-39(31)53-41)42-27-33-24-34(46)19-21-40(33)54-42/h2-7,10-12,15-21,24-27H,8-9,13-14,22-23,28H2,1H3. The second kappa shape index (κ2) is 12.4. The zero-order valence-electron chi connectivity index (χ0n) is 29.8. The minimum atomic E-state index is -1.46. The van der Waals surface area contributed by atoms with Crippen molar-refractivity contribution in [3.8, 4) is 0 Å². The molecule has 0 spiro atoms. The van der Waals surface area contributed by atoms with E-state index in [0.29, 0.717) is 57.4 Å². The highest BCUT2D eigenvalue weighted by molar-refractivity contribution is 5.89. The third-order valence-electron chi connectivity index (χ3n) is 11.4. The SMILES string of the molecule is COC(=O)c1ccc2c(c1)=NC(CN1CCCc3ccccc31)(N1CCCc3ccccc31)C(c1cc3ccccc3o1)(c1cc3cc(F)ccc3o1)N=2. The van der Waals surface area contributed by atoms with E-state index in [0.717, 1.165) is 49.0 Å². The topological polar surface area (TPSA) is 83.8 Å². The number of para-hydroxylation sites is 3. The first-order chi connectivity index (χ1) is 26.5. The van der Waals surface area contributed by atoms with E-state index >= 15 is 0 Å². The van der Waals surface area contributed by atoms with Gasteiger partial charge in [0.25, 0.3) is 0 Å². The maximum Gasteiger partial charge on any atom is 0.337 e. The van der Waals surface area contributed by atoms with Gasteiger partial charge in [-0.05, 0) is 104 Å². The third-order valence-corrected chi connectivity index (χ3v) is 11.4. The Kier molecular flexibility index (Phi) is 7.47. The highest BCUT2D eigenvalue weighted by atomic mass is 19.1. The van der Waals surface area contributed by atoms with E-state index in [-0.39, 0.29) is 5.82 Å². The Morgan fingerprint density at radius 1 is 0.722 bits per heavy atom. The molecule has 0 N–H and O–H groups in total. The van der Waals surface area contributed by atoms with Gasteiger partial charge in [-0.3, -0.25) is 4.99 Å². The van der Waals surface area contributed by atoms with Crippen LogP contribution in [0.1, 0.15) is 45.8 Å². The molecule has 0 fully saturated rings. The van der Waals surface area contributed by atoms with Gasteiger partial charge in [0.1, 0.15) is 28.5 Å². The molecule has 3 aliphatic rings. The summed E-state index contributed by atoms with van der Waals surface area (Å²) in [6.07, 6.45) is 3.73. The quantitative estimate of drug-likeness (QED) is 0.163. The first-order valence-electron chi connectivity index (χ1n) is 18.5. The Morgan fingerprint density at radius 3 is 2.20 bits per heavy atom. The van der Waals surface area contributed by atoms with Gasteiger partial charge in [0.15, 0.2) is 5.66 Å². The number of benzene rings is 5. The van der Waals surface area contributed by atoms with Crippen LogP contribution < -0.4 is 20.5 Å². The van der Waals surface area contributed by atoms with Gasteiger partial charge in [-0.2, -0.15) is 0 Å². The van der Waals surface area contributed by atoms with Crippen molar-refractivity contribution in [3.05, 3.63) is 166 Å². The summed E-state index contributed by atoms with van der Waals surface area (Å²) in [5, 5.41) is 2.64. The monoisotopic (exact) mass is 716 g/mol. The fourth-order valence-electron chi connectivity index (χ4n) is 8.93. The van der Waals surface area contributed by atoms with Crippen molar-refractivity contribution in [2.75, 3.05) is 36.5 Å². The molecule has 2 unspecified atom stereocenters. The van der Waals surface area contributed by atoms with Crippen LogP contribution in [0.3, 0.4) is 0 Å². The van der Waals surface area contributed by atoms with E-state index < -0.39 is 17.2 Å². The van der Waals surface area contributed by atoms with Crippen molar-refractivity contribution in [1.82, 2.24) is 0 Å². The van der Waals surface area contributed by atoms with Gasteiger partial charge in [0.05, 0.1) is 29.9 Å². The Hall–Kier alpha value is -6.22. The summed E-state index contributed by atoms with van der Waals surface area (Å²) in [6, 6.07) is 38.8. The van der Waals surface area contributed by atoms with Crippen LogP contribution >= 0.6 is 0 Å². The summed E-state index contributed by atoms with van der Waals surface area (Å²) >= 11 is 0. The molecule has 2 aromatic heterocycles. The molecule has 0 amide bonds. The number of furan rings is 2. The number of carbonyl (C=O) groups is 1. The van der Waals surface area contributed by atoms with Crippen LogP contribution in [0.4, 0.5) is 15.8 Å². The van der Waals surface area contributed by atoms with Crippen molar-refractivity contribution in [2.45, 2.75) is 36.9 Å². The molecule has 5 aromatic carbocycles. The number of aryl methyl sites for hydroxylation is 2. The number of hydrogen-bond donors (Lipinski definition) is 0. The van der Waals surface area contributed by atoms with Crippen LogP contribution in [0.15, 0.2) is 140 Å². The minimum Gasteiger partial charge on any atom is -0.465 e. The van der Waals surface area contributed by atoms with E-state index in [1.165, 1.54) is 30.4 Å². The van der Waals surface area contributed by atoms with E-state index in [1.54, 1.807) is 18.2 Å². The van der Waals surface area contributed by atoms with E-state index in [4.69, 9.17) is 23.6 Å². The summed E-state index contributed by atoms with van der Waals surface area (Å²) in [6.45, 7) is 1.83. The lowest BCUT2D eigenvalue weighted by Crippen LogP contribution is -2.70. The average molecular weight is 717 g/mol. The minimum absolute atomic E-state index is 0.361. The molecule has 8 nitrogen and oxygen atoms in total. The van der Waals surface area contributed by atoms with Crippen LogP contribution in [0.5, 0.6) is 0 Å². The van der Waals surface area contributed by atoms with Gasteiger partial charge in [-0.15, -0.1) is 0 Å². The summed E-state index contributed by atoms with van der Waals surface area (Å²) < 4.78 is 33.9. The average Bonchev–Trinajstić information content (AvgIpc) is 3.85. The normalized spacial score (nSPS) is 20.5. The van der Waals surface area contributed by atoms with E-state index in [1.807, 2.05) is 42.5 Å². The third kappa shape index (κ3) is 4.91. The van der Waals surface area contributed by atoms with Gasteiger partial charge in [-0.1, -0.05) is 54.6 Å². The van der Waals surface area contributed by atoms with Crippen molar-refractivity contribution < 1.29 is 22.8 Å². The Labute approximate surface area is 310 Å². The molecule has 7 aromatic rings. The maximum atomic E-state index is 14.9. The van der Waals surface area contributed by atoms with Gasteiger partial charge in [0, 0.05) is 35.2 Å². The molecule has 10 rings (SSSR count). The number of ether oxygens (including phenoxy) is 1. The van der Waals surface area contributed by atoms with Crippen molar-refractivity contribution >= 4 is 39.3 Å². The number of carbonyl (C=O) groups excluding carboxylic acids is 1. The Morgan fingerprint density at radius 2 is 1.41 bits per heavy atom. The summed E-state index contributed by atoms with van der Waals surface area (Å²) in [5.41, 5.74) is 3.53. The predicted molar refractivity (Wildman–Crippen MR) is 205 cm³/mol. The van der Waals surface area contributed by atoms with E-state index in [2.05, 4.69) is 58.3 Å². The zero-order chi connectivity index (χ0) is 36.4. The van der Waals surface area contributed by atoms with Crippen molar-refractivity contribution in [1.29, 1.82) is 0 Å². The van der Waals surface area contributed by atoms with Crippen LogP contribution in [-0.4, -0.2) is 38.4 Å². The number of fused-ring (bicyclic) bond motifs is 5. The fraction of sp³-hybridized carbons (Fsp3) is 0.222. The molecule has 0 saturated heterocycles. The molecule has 2 atom stereocenters. The fourth-order valence-corrected chi connectivity index (χ4v) is 8.93. The molecule has 5 heterocycles. The number of halogens is 1. The zero-order valence-corrected chi connectivity index (χ0v) is 29.8. The first kappa shape index (κ1) is 32.4. The second-order valence-corrected chi connectivity index (χ2v) is 14.4. The lowest BCUT2D eigenvalue weighted by molar-refractivity contribution is 0.0600. The molecule has 9 heteroatoms. The number of rotatable bonds is 6. The summed E-state index contributed by atoms with van der Waals surface area (Å²) in [5.74, 6) is 0.199. The summed E-state index contributed by atoms with van der Waals surface area (Å²) in [4.78, 5) is 29.5. The molecular weight excluding hydrogens is 680 g/mol. The van der Waals surface area contributed by atoms with Crippen LogP contribution in [0, 0.1) is 5.82 Å². The van der Waals surface area contributed by atoms with Gasteiger partial charge in [0.2, 0.25) is 5.54 Å². The summed E-state index contributed by atoms with van der Waals surface area (Å²) in [7, 11) is 1.38. The number of nitrogens with zero attached hydrogens (tertiary/aromatic N) is 4. The Bertz CT molecular complexity index is 2700. The van der Waals surface area contributed by atoms with Gasteiger partial charge in [-0.25, -0.2) is 14.2 Å². The van der Waals surface area contributed by atoms with Crippen LogP contribution in [-0.2, 0) is 23.1 Å². The van der Waals surface area contributed by atoms with Crippen molar-refractivity contribution in [3.63, 3.8) is 0 Å². The lowest BCUT2D eigenvalue weighted by Gasteiger charge is -2.55. The maximum absolute atomic E-state index is 14.9. The van der Waals surface area contributed by atoms with E-state index in [9.17, 15) is 9.18 Å². The predicted octanol–water partition coefficient (Wildman–Crippen LogP) is 7.90. The van der Waals surface area contributed by atoms with Gasteiger partial charge >= 0.3 is 5.97 Å². The number of esters is 1. The molecule has 54 heavy (non-hydrogen) atoms. The number of methoxy groups -OCH3 is 1. The van der Waals surface area contributed by atoms with Gasteiger partial charge < -0.3 is 23.4 Å². The Balaban J connectivity index is 1.38. The smallest absolute Gasteiger partial charge is 0.337 e. The molecule has 3 aliphatic heterocycles. The molecule has 0 bridgehead atoms. The number of anilines is 2. The molecular formula is C45H37FN4O4. The number of hydrogen-bond acceptors (Lipinski definition) is 8.